The van der Waals surface area contributed by atoms with Gasteiger partial charge >= 0.3 is 0 Å². The standard InChI is InChI=1S/C19H21N3O2/c1-21-10-8-14(11-18(21)23)12-22-9-4-5-15(13-22)19-20-16-6-2-3-7-17(16)24-19/h2-3,6-8,10-11,15H,4-5,9,12-13H2,1H3. The van der Waals surface area contributed by atoms with Gasteiger partial charge in [-0.05, 0) is 43.1 Å². The Balaban J connectivity index is 1.50. The normalized spacial score (nSPS) is 19.0. The molecule has 1 aliphatic heterocycles. The lowest BCUT2D eigenvalue weighted by atomic mass is 9.97. The molecule has 0 saturated carbocycles. The molecule has 1 unspecified atom stereocenters. The van der Waals surface area contributed by atoms with Gasteiger partial charge in [0.05, 0.1) is 0 Å². The first kappa shape index (κ1) is 15.1. The van der Waals surface area contributed by atoms with Crippen LogP contribution < -0.4 is 5.56 Å². The minimum atomic E-state index is 0.0417. The molecule has 1 atom stereocenters. The van der Waals surface area contributed by atoms with Crippen molar-refractivity contribution in [3.05, 3.63) is 64.4 Å². The van der Waals surface area contributed by atoms with Gasteiger partial charge in [0, 0.05) is 38.3 Å². The monoisotopic (exact) mass is 323 g/mol. The first-order valence-electron chi connectivity index (χ1n) is 8.42. The van der Waals surface area contributed by atoms with E-state index in [1.165, 1.54) is 0 Å². The van der Waals surface area contributed by atoms with E-state index in [9.17, 15) is 4.79 Å². The molecule has 24 heavy (non-hydrogen) atoms. The molecule has 0 spiro atoms. The second-order valence-electron chi connectivity index (χ2n) is 6.58. The minimum absolute atomic E-state index is 0.0417. The van der Waals surface area contributed by atoms with Crippen molar-refractivity contribution < 1.29 is 4.42 Å². The van der Waals surface area contributed by atoms with Crippen LogP contribution in [-0.4, -0.2) is 27.5 Å². The van der Waals surface area contributed by atoms with Crippen molar-refractivity contribution in [1.29, 1.82) is 0 Å². The van der Waals surface area contributed by atoms with E-state index in [2.05, 4.69) is 9.88 Å². The van der Waals surface area contributed by atoms with Gasteiger partial charge in [0.25, 0.3) is 5.56 Å². The van der Waals surface area contributed by atoms with Crippen LogP contribution in [0.3, 0.4) is 0 Å². The van der Waals surface area contributed by atoms with Crippen LogP contribution in [0.4, 0.5) is 0 Å². The van der Waals surface area contributed by atoms with Crippen molar-refractivity contribution in [2.45, 2.75) is 25.3 Å². The van der Waals surface area contributed by atoms with Gasteiger partial charge in [-0.3, -0.25) is 9.69 Å². The van der Waals surface area contributed by atoms with Crippen LogP contribution in [0, 0.1) is 0 Å². The summed E-state index contributed by atoms with van der Waals surface area (Å²) in [5.74, 6) is 1.16. The maximum absolute atomic E-state index is 11.8. The Morgan fingerprint density at radius 1 is 1.29 bits per heavy atom. The summed E-state index contributed by atoms with van der Waals surface area (Å²) < 4.78 is 7.55. The summed E-state index contributed by atoms with van der Waals surface area (Å²) in [5.41, 5.74) is 2.89. The first-order chi connectivity index (χ1) is 11.7. The Kier molecular flexibility index (Phi) is 3.94. The number of likely N-dealkylation sites (tertiary alicyclic amines) is 1. The highest BCUT2D eigenvalue weighted by atomic mass is 16.3. The largest absolute Gasteiger partial charge is 0.440 e. The van der Waals surface area contributed by atoms with E-state index in [1.54, 1.807) is 17.7 Å². The van der Waals surface area contributed by atoms with Crippen LogP contribution in [0.1, 0.15) is 30.2 Å². The Labute approximate surface area is 140 Å². The van der Waals surface area contributed by atoms with Crippen molar-refractivity contribution in [2.24, 2.45) is 7.05 Å². The van der Waals surface area contributed by atoms with Gasteiger partial charge < -0.3 is 8.98 Å². The third-order valence-electron chi connectivity index (χ3n) is 4.74. The molecule has 0 amide bonds. The van der Waals surface area contributed by atoms with E-state index in [-0.39, 0.29) is 5.56 Å². The lowest BCUT2D eigenvalue weighted by Gasteiger charge is -2.31. The molecule has 0 radical (unpaired) electrons. The van der Waals surface area contributed by atoms with Gasteiger partial charge in [-0.1, -0.05) is 12.1 Å². The fourth-order valence-corrected chi connectivity index (χ4v) is 3.41. The zero-order valence-electron chi connectivity index (χ0n) is 13.8. The third-order valence-corrected chi connectivity index (χ3v) is 4.74. The zero-order valence-corrected chi connectivity index (χ0v) is 13.8. The van der Waals surface area contributed by atoms with Gasteiger partial charge in [0.1, 0.15) is 5.52 Å². The predicted molar refractivity (Wildman–Crippen MR) is 92.9 cm³/mol. The summed E-state index contributed by atoms with van der Waals surface area (Å²) >= 11 is 0. The number of oxazole rings is 1. The molecule has 5 nitrogen and oxygen atoms in total. The molecule has 5 heteroatoms. The Morgan fingerprint density at radius 3 is 3.00 bits per heavy atom. The summed E-state index contributed by atoms with van der Waals surface area (Å²) in [5, 5.41) is 0. The van der Waals surface area contributed by atoms with Gasteiger partial charge in [-0.15, -0.1) is 0 Å². The molecule has 0 N–H and O–H groups in total. The van der Waals surface area contributed by atoms with E-state index < -0.39 is 0 Å². The number of aryl methyl sites for hydroxylation is 1. The van der Waals surface area contributed by atoms with Crippen LogP contribution in [-0.2, 0) is 13.6 Å². The average molecular weight is 323 g/mol. The number of hydrogen-bond donors (Lipinski definition) is 0. The van der Waals surface area contributed by atoms with Crippen molar-refractivity contribution >= 4 is 11.1 Å². The Hall–Kier alpha value is -2.40. The molecule has 1 saturated heterocycles. The highest BCUT2D eigenvalue weighted by Crippen LogP contribution is 2.29. The topological polar surface area (TPSA) is 51.3 Å². The molecule has 1 fully saturated rings. The van der Waals surface area contributed by atoms with Crippen LogP contribution in [0.15, 0.2) is 51.8 Å². The van der Waals surface area contributed by atoms with Crippen molar-refractivity contribution in [1.82, 2.24) is 14.5 Å². The zero-order chi connectivity index (χ0) is 16.5. The number of nitrogens with zero attached hydrogens (tertiary/aromatic N) is 3. The van der Waals surface area contributed by atoms with Crippen molar-refractivity contribution in [2.75, 3.05) is 13.1 Å². The van der Waals surface area contributed by atoms with Crippen molar-refractivity contribution in [3.8, 4) is 0 Å². The van der Waals surface area contributed by atoms with E-state index >= 15 is 0 Å². The van der Waals surface area contributed by atoms with E-state index in [0.717, 1.165) is 55.0 Å². The molecule has 2 aromatic heterocycles. The molecule has 3 aromatic rings. The smallest absolute Gasteiger partial charge is 0.250 e. The summed E-state index contributed by atoms with van der Waals surface area (Å²) in [6.45, 7) is 2.76. The second-order valence-corrected chi connectivity index (χ2v) is 6.58. The Morgan fingerprint density at radius 2 is 2.17 bits per heavy atom. The van der Waals surface area contributed by atoms with Gasteiger partial charge in [-0.25, -0.2) is 4.98 Å². The molecule has 124 valence electrons. The number of pyridine rings is 1. The molecule has 1 aliphatic rings. The highest BCUT2D eigenvalue weighted by molar-refractivity contribution is 5.72. The van der Waals surface area contributed by atoms with Gasteiger partial charge in [0.15, 0.2) is 11.5 Å². The SMILES string of the molecule is Cn1ccc(CN2CCCC(c3nc4ccccc4o3)C2)cc1=O. The fraction of sp³-hybridized carbons (Fsp3) is 0.368. The van der Waals surface area contributed by atoms with E-state index in [0.29, 0.717) is 5.92 Å². The third kappa shape index (κ3) is 2.99. The molecule has 3 heterocycles. The lowest BCUT2D eigenvalue weighted by Crippen LogP contribution is -2.34. The maximum Gasteiger partial charge on any atom is 0.250 e. The molecule has 0 bridgehead atoms. The van der Waals surface area contributed by atoms with E-state index in [4.69, 9.17) is 4.42 Å². The van der Waals surface area contributed by atoms with Crippen LogP contribution >= 0.6 is 0 Å². The summed E-state index contributed by atoms with van der Waals surface area (Å²) in [6, 6.07) is 11.7. The first-order valence-corrected chi connectivity index (χ1v) is 8.42. The number of hydrogen-bond acceptors (Lipinski definition) is 4. The second kappa shape index (κ2) is 6.24. The number of piperidine rings is 1. The molecular weight excluding hydrogens is 302 g/mol. The fourth-order valence-electron chi connectivity index (χ4n) is 3.41. The summed E-state index contributed by atoms with van der Waals surface area (Å²) in [4.78, 5) is 18.8. The Bertz CT molecular complexity index is 879. The number of aromatic nitrogens is 2. The highest BCUT2D eigenvalue weighted by Gasteiger charge is 2.25. The minimum Gasteiger partial charge on any atom is -0.440 e. The van der Waals surface area contributed by atoms with Gasteiger partial charge in [0.2, 0.25) is 0 Å². The van der Waals surface area contributed by atoms with Crippen LogP contribution in [0.5, 0.6) is 0 Å². The predicted octanol–water partition coefficient (Wildman–Crippen LogP) is 2.91. The maximum atomic E-state index is 11.8. The summed E-state index contributed by atoms with van der Waals surface area (Å²) in [6.07, 6.45) is 4.05. The molecule has 1 aromatic carbocycles. The number of rotatable bonds is 3. The van der Waals surface area contributed by atoms with Gasteiger partial charge in [-0.2, -0.15) is 0 Å². The quantitative estimate of drug-likeness (QED) is 0.744. The number of fused-ring (bicyclic) bond motifs is 1. The average Bonchev–Trinajstić information content (AvgIpc) is 3.03. The lowest BCUT2D eigenvalue weighted by molar-refractivity contribution is 0.187. The number of benzene rings is 1. The molecular formula is C19H21N3O2. The molecule has 0 aliphatic carbocycles. The number of para-hydroxylation sites is 2. The summed E-state index contributed by atoms with van der Waals surface area (Å²) in [7, 11) is 1.77. The van der Waals surface area contributed by atoms with Crippen LogP contribution in [0.25, 0.3) is 11.1 Å². The van der Waals surface area contributed by atoms with E-state index in [1.807, 2.05) is 36.5 Å². The van der Waals surface area contributed by atoms with Crippen LogP contribution in [0.2, 0.25) is 0 Å². The molecule has 4 rings (SSSR count). The van der Waals surface area contributed by atoms with Crippen molar-refractivity contribution in [3.63, 3.8) is 0 Å².